The van der Waals surface area contributed by atoms with Crippen molar-refractivity contribution in [1.82, 2.24) is 9.55 Å². The number of fused-ring (bicyclic) bond motifs is 1. The summed E-state index contributed by atoms with van der Waals surface area (Å²) in [5, 5.41) is 3.06. The molecule has 0 spiro atoms. The largest absolute Gasteiger partial charge is 0.496 e. The van der Waals surface area contributed by atoms with Gasteiger partial charge in [-0.15, -0.1) is 0 Å². The Morgan fingerprint density at radius 1 is 1.27 bits per heavy atom. The molecule has 2 aliphatic heterocycles. The van der Waals surface area contributed by atoms with Gasteiger partial charge >= 0.3 is 11.7 Å². The van der Waals surface area contributed by atoms with E-state index in [0.717, 1.165) is 0 Å². The Morgan fingerprint density at radius 3 is 2.77 bits per heavy atom. The molecule has 1 aromatic heterocycles. The Kier molecular flexibility index (Phi) is 3.68. The van der Waals surface area contributed by atoms with Gasteiger partial charge in [0.1, 0.15) is 18.2 Å². The first-order valence-corrected chi connectivity index (χ1v) is 8.24. The van der Waals surface area contributed by atoms with Crippen LogP contribution in [0.4, 0.5) is 5.82 Å². The molecule has 4 rings (SSSR count). The third-order valence-electron chi connectivity index (χ3n) is 4.74. The van der Waals surface area contributed by atoms with E-state index < -0.39 is 23.1 Å². The number of hydrogen-bond donors (Lipinski definition) is 2. The zero-order valence-electron chi connectivity index (χ0n) is 14.3. The summed E-state index contributed by atoms with van der Waals surface area (Å²) in [5.41, 5.74) is 0.852. The summed E-state index contributed by atoms with van der Waals surface area (Å²) in [6.45, 7) is 2.24. The van der Waals surface area contributed by atoms with Gasteiger partial charge in [-0.3, -0.25) is 14.3 Å². The molecule has 0 saturated carbocycles. The average molecular weight is 355 g/mol. The summed E-state index contributed by atoms with van der Waals surface area (Å²) in [6.07, 6.45) is 0. The molecule has 1 atom stereocenters. The number of carbonyl (C=O) groups excluding carboxylic acids is 1. The first kappa shape index (κ1) is 16.2. The van der Waals surface area contributed by atoms with Crippen LogP contribution >= 0.6 is 0 Å². The van der Waals surface area contributed by atoms with E-state index in [-0.39, 0.29) is 6.61 Å². The van der Waals surface area contributed by atoms with E-state index in [1.165, 1.54) is 11.7 Å². The molecular weight excluding hydrogens is 338 g/mol. The molecule has 0 aliphatic carbocycles. The number of hydrogen-bond acceptors (Lipinski definition) is 6. The van der Waals surface area contributed by atoms with Gasteiger partial charge in [-0.1, -0.05) is 18.2 Å². The molecule has 0 amide bonds. The molecule has 2 aromatic rings. The van der Waals surface area contributed by atoms with Crippen molar-refractivity contribution in [3.63, 3.8) is 0 Å². The van der Waals surface area contributed by atoms with Crippen LogP contribution in [0.2, 0.25) is 0 Å². The van der Waals surface area contributed by atoms with E-state index >= 15 is 0 Å². The fraction of sp³-hybridized carbons (Fsp3) is 0.278. The van der Waals surface area contributed by atoms with Crippen LogP contribution in [-0.2, 0) is 16.1 Å². The minimum Gasteiger partial charge on any atom is -0.496 e. The van der Waals surface area contributed by atoms with Gasteiger partial charge in [-0.05, 0) is 13.0 Å². The van der Waals surface area contributed by atoms with Gasteiger partial charge in [0.05, 0.1) is 29.9 Å². The number of aromatic amines is 1. The normalized spacial score (nSPS) is 18.1. The van der Waals surface area contributed by atoms with Crippen LogP contribution in [0.15, 0.2) is 45.1 Å². The van der Waals surface area contributed by atoms with Crippen molar-refractivity contribution in [2.24, 2.45) is 0 Å². The standard InChI is InChI=1S/C18H17N3O5/c1-3-21-15-14(16(22)20-18(21)24)12(9-6-4-5-7-11(9)25-2)13-10(19-15)8-26-17(13)23/h4-7,12,19H,3,8H2,1-2H3,(H,20,22,24)/t12-/m1/s1. The number of benzene rings is 1. The zero-order chi connectivity index (χ0) is 18.4. The van der Waals surface area contributed by atoms with Gasteiger partial charge in [0.2, 0.25) is 0 Å². The molecule has 2 aliphatic rings. The molecule has 8 heteroatoms. The minimum absolute atomic E-state index is 0.0734. The van der Waals surface area contributed by atoms with Crippen molar-refractivity contribution in [2.45, 2.75) is 19.4 Å². The van der Waals surface area contributed by atoms with Crippen LogP contribution in [-0.4, -0.2) is 29.2 Å². The molecule has 0 fully saturated rings. The van der Waals surface area contributed by atoms with Crippen LogP contribution < -0.4 is 21.3 Å². The van der Waals surface area contributed by atoms with Crippen molar-refractivity contribution >= 4 is 11.8 Å². The number of cyclic esters (lactones) is 1. The van der Waals surface area contributed by atoms with Gasteiger partial charge in [0.25, 0.3) is 5.56 Å². The maximum absolute atomic E-state index is 12.7. The second-order valence-corrected chi connectivity index (χ2v) is 6.03. The quantitative estimate of drug-likeness (QED) is 0.794. The van der Waals surface area contributed by atoms with Crippen molar-refractivity contribution in [3.8, 4) is 5.75 Å². The van der Waals surface area contributed by atoms with Crippen molar-refractivity contribution in [1.29, 1.82) is 0 Å². The molecule has 3 heterocycles. The molecular formula is C18H17N3O5. The summed E-state index contributed by atoms with van der Waals surface area (Å²) >= 11 is 0. The lowest BCUT2D eigenvalue weighted by Crippen LogP contribution is -2.38. The number of nitrogens with zero attached hydrogens (tertiary/aromatic N) is 1. The predicted octanol–water partition coefficient (Wildman–Crippen LogP) is 0.933. The van der Waals surface area contributed by atoms with Crippen LogP contribution in [0.3, 0.4) is 0 Å². The van der Waals surface area contributed by atoms with Gasteiger partial charge in [-0.25, -0.2) is 9.59 Å². The first-order chi connectivity index (χ1) is 12.6. The second-order valence-electron chi connectivity index (χ2n) is 6.03. The first-order valence-electron chi connectivity index (χ1n) is 8.24. The van der Waals surface area contributed by atoms with Crippen molar-refractivity contribution < 1.29 is 14.3 Å². The molecule has 1 aromatic carbocycles. The summed E-state index contributed by atoms with van der Waals surface area (Å²) in [6, 6.07) is 7.19. The molecule has 0 unspecified atom stereocenters. The topological polar surface area (TPSA) is 102 Å². The molecule has 8 nitrogen and oxygen atoms in total. The second kappa shape index (κ2) is 5.91. The van der Waals surface area contributed by atoms with Crippen LogP contribution in [0.5, 0.6) is 5.75 Å². The fourth-order valence-corrected chi connectivity index (χ4v) is 3.61. The van der Waals surface area contributed by atoms with Crippen molar-refractivity contribution in [3.05, 3.63) is 67.5 Å². The average Bonchev–Trinajstić information content (AvgIpc) is 3.01. The van der Waals surface area contributed by atoms with Crippen LogP contribution in [0.1, 0.15) is 24.0 Å². The Morgan fingerprint density at radius 2 is 2.04 bits per heavy atom. The Hall–Kier alpha value is -3.29. The van der Waals surface area contributed by atoms with Gasteiger partial charge in [-0.2, -0.15) is 0 Å². The highest BCUT2D eigenvalue weighted by molar-refractivity contribution is 5.97. The Bertz CT molecular complexity index is 1060. The lowest BCUT2D eigenvalue weighted by atomic mass is 9.82. The highest BCUT2D eigenvalue weighted by Gasteiger charge is 2.42. The van der Waals surface area contributed by atoms with E-state index in [0.29, 0.717) is 40.5 Å². The number of ether oxygens (including phenoxy) is 2. The van der Waals surface area contributed by atoms with E-state index in [1.807, 2.05) is 12.1 Å². The number of rotatable bonds is 3. The molecule has 134 valence electrons. The highest BCUT2D eigenvalue weighted by atomic mass is 16.5. The summed E-state index contributed by atoms with van der Waals surface area (Å²) < 4.78 is 12.1. The zero-order valence-corrected chi connectivity index (χ0v) is 14.3. The number of aromatic nitrogens is 2. The van der Waals surface area contributed by atoms with Crippen molar-refractivity contribution in [2.75, 3.05) is 19.0 Å². The van der Waals surface area contributed by atoms with Crippen LogP contribution in [0, 0.1) is 0 Å². The maximum atomic E-state index is 12.7. The summed E-state index contributed by atoms with van der Waals surface area (Å²) in [7, 11) is 1.53. The SMILES string of the molecule is CCn1c2c(c(=O)[nH]c1=O)[C@H](c1ccccc1OC)C1=C(COC1=O)N2. The number of methoxy groups -OCH3 is 1. The van der Waals surface area contributed by atoms with Crippen LogP contribution in [0.25, 0.3) is 0 Å². The molecule has 0 saturated heterocycles. The minimum atomic E-state index is -0.686. The highest BCUT2D eigenvalue weighted by Crippen LogP contribution is 2.44. The predicted molar refractivity (Wildman–Crippen MR) is 93.4 cm³/mol. The van der Waals surface area contributed by atoms with Gasteiger partial charge in [0, 0.05) is 12.1 Å². The van der Waals surface area contributed by atoms with Gasteiger partial charge in [0.15, 0.2) is 0 Å². The third-order valence-corrected chi connectivity index (χ3v) is 4.74. The van der Waals surface area contributed by atoms with E-state index in [9.17, 15) is 14.4 Å². The number of H-pyrrole nitrogens is 1. The monoisotopic (exact) mass is 355 g/mol. The fourth-order valence-electron chi connectivity index (χ4n) is 3.61. The number of nitrogens with one attached hydrogen (secondary N) is 2. The lowest BCUT2D eigenvalue weighted by Gasteiger charge is -2.28. The summed E-state index contributed by atoms with van der Waals surface area (Å²) in [5.74, 6) is -0.239. The molecule has 0 bridgehead atoms. The summed E-state index contributed by atoms with van der Waals surface area (Å²) in [4.78, 5) is 39.6. The van der Waals surface area contributed by atoms with E-state index in [1.54, 1.807) is 19.1 Å². The number of para-hydroxylation sites is 1. The number of carbonyl (C=O) groups is 1. The molecule has 2 N–H and O–H groups in total. The maximum Gasteiger partial charge on any atom is 0.337 e. The molecule has 0 radical (unpaired) electrons. The Labute approximate surface area is 148 Å². The number of esters is 1. The molecule has 26 heavy (non-hydrogen) atoms. The Balaban J connectivity index is 2.08. The lowest BCUT2D eigenvalue weighted by molar-refractivity contribution is -0.136. The van der Waals surface area contributed by atoms with E-state index in [4.69, 9.17) is 9.47 Å². The smallest absolute Gasteiger partial charge is 0.337 e. The third kappa shape index (κ3) is 2.18. The number of anilines is 1. The van der Waals surface area contributed by atoms with Gasteiger partial charge < -0.3 is 14.8 Å². The van der Waals surface area contributed by atoms with E-state index in [2.05, 4.69) is 10.3 Å².